The van der Waals surface area contributed by atoms with Crippen LogP contribution in [-0.4, -0.2) is 108 Å². The number of aliphatic hydroxyl groups excluding tert-OH is 5. The molecule has 0 aromatic carbocycles. The highest BCUT2D eigenvalue weighted by atomic mass is 16.7. The summed E-state index contributed by atoms with van der Waals surface area (Å²) in [5, 5.41) is 74.4. The lowest BCUT2D eigenvalue weighted by atomic mass is 9.39. The molecular weight excluding hydrogens is 624 g/mol. The van der Waals surface area contributed by atoms with Gasteiger partial charge in [0.25, 0.3) is 0 Å². The third-order valence-corrected chi connectivity index (χ3v) is 12.9. The summed E-state index contributed by atoms with van der Waals surface area (Å²) in [5.41, 5.74) is -6.65. The molecule has 13 atom stereocenters. The average molecular weight is 677 g/mol. The molecule has 2 saturated carbocycles. The first kappa shape index (κ1) is 37.0. The largest absolute Gasteiger partial charge is 0.459 e. The number of rotatable bonds is 7. The Hall–Kier alpha value is -2.29. The summed E-state index contributed by atoms with van der Waals surface area (Å²) < 4.78 is 11.5. The van der Waals surface area contributed by atoms with Crippen LogP contribution in [0.5, 0.6) is 0 Å². The Morgan fingerprint density at radius 3 is 2.21 bits per heavy atom. The van der Waals surface area contributed by atoms with Crippen LogP contribution in [0.4, 0.5) is 0 Å². The van der Waals surface area contributed by atoms with Gasteiger partial charge in [-0.1, -0.05) is 38.5 Å². The van der Waals surface area contributed by atoms with Crippen LogP contribution in [0.2, 0.25) is 0 Å². The summed E-state index contributed by atoms with van der Waals surface area (Å²) in [6, 6.07) is 0. The fraction of sp³-hybridized carbons (Fsp3) is 0.750. The highest BCUT2D eigenvalue weighted by Crippen LogP contribution is 2.73. The van der Waals surface area contributed by atoms with E-state index in [9.17, 15) is 50.1 Å². The molecule has 0 bridgehead atoms. The molecule has 5 rings (SSSR count). The smallest absolute Gasteiger partial charge is 0.229 e. The SMILES string of the molecule is CC(C)(O)/C=C/C(=O)[C@](C)(O)[C@H]1[C@H](O)C[C@@]2(C)[C@@H]3CC=C4[C@H](C=C(O[C@@H]5O[C@H](CO)[C@@H](O)[C@H](O)[C@H]5O)C(=O)C4(C)C)[C@]3(C)C(=O)C[C@]12C. The molecule has 0 unspecified atom stereocenters. The van der Waals surface area contributed by atoms with Gasteiger partial charge in [0.15, 0.2) is 11.5 Å². The van der Waals surface area contributed by atoms with Gasteiger partial charge in [-0.2, -0.15) is 0 Å². The molecule has 0 aromatic heterocycles. The first-order chi connectivity index (χ1) is 21.9. The van der Waals surface area contributed by atoms with E-state index in [4.69, 9.17) is 9.47 Å². The van der Waals surface area contributed by atoms with Gasteiger partial charge in [-0.3, -0.25) is 14.4 Å². The molecule has 0 spiro atoms. The monoisotopic (exact) mass is 676 g/mol. The van der Waals surface area contributed by atoms with E-state index in [1.807, 2.05) is 26.8 Å². The molecule has 0 aromatic rings. The van der Waals surface area contributed by atoms with Gasteiger partial charge in [0.1, 0.15) is 35.8 Å². The quantitative estimate of drug-likeness (QED) is 0.148. The number of allylic oxidation sites excluding steroid dienone is 4. The van der Waals surface area contributed by atoms with Gasteiger partial charge in [0.2, 0.25) is 12.1 Å². The number of fused-ring (bicyclic) bond motifs is 5. The van der Waals surface area contributed by atoms with Crippen molar-refractivity contribution in [3.05, 3.63) is 35.6 Å². The van der Waals surface area contributed by atoms with E-state index in [1.54, 1.807) is 19.9 Å². The lowest BCUT2D eigenvalue weighted by molar-refractivity contribution is -0.291. The van der Waals surface area contributed by atoms with Crippen molar-refractivity contribution in [1.29, 1.82) is 0 Å². The molecule has 4 aliphatic carbocycles. The maximum atomic E-state index is 14.7. The number of Topliss-reactive ketones (excluding diaryl/α,β-unsaturated/α-hetero) is 2. The standard InChI is InChI=1S/C36H52O12/c1-31(2,45)12-11-23(39)36(8,46)28-19(38)14-33(5)22-10-9-17-18(35(22,7)24(40)15-34(28,33)6)13-20(29(44)32(17,3)4)47-30-27(43)26(42)25(41)21(16-37)48-30/h9,11-13,18-19,21-22,25-28,30,37-38,41-43,45-46H,10,14-16H2,1-8H3/b12-11+/t18-,19+,21+,22-,25+,26-,27+,28-,30+,33-,34+,35-,36-/m0/s1. The maximum Gasteiger partial charge on any atom is 0.229 e. The Bertz CT molecular complexity index is 1450. The van der Waals surface area contributed by atoms with Crippen molar-refractivity contribution >= 4 is 17.3 Å². The summed E-state index contributed by atoms with van der Waals surface area (Å²) in [6.07, 6.45) is -2.56. The van der Waals surface area contributed by atoms with Crippen LogP contribution in [0.15, 0.2) is 35.6 Å². The van der Waals surface area contributed by atoms with E-state index < -0.39 is 106 Å². The molecular formula is C36H52O12. The van der Waals surface area contributed by atoms with Crippen molar-refractivity contribution < 1.29 is 59.6 Å². The van der Waals surface area contributed by atoms with Crippen LogP contribution >= 0.6 is 0 Å². The first-order valence-corrected chi connectivity index (χ1v) is 16.7. The molecule has 3 fully saturated rings. The first-order valence-electron chi connectivity index (χ1n) is 16.7. The van der Waals surface area contributed by atoms with Crippen LogP contribution in [0.1, 0.15) is 74.7 Å². The second kappa shape index (κ2) is 11.6. The van der Waals surface area contributed by atoms with E-state index in [0.717, 1.165) is 11.6 Å². The second-order valence-corrected chi connectivity index (χ2v) is 16.7. The molecule has 1 heterocycles. The number of ketones is 3. The van der Waals surface area contributed by atoms with E-state index in [1.165, 1.54) is 26.8 Å². The van der Waals surface area contributed by atoms with Gasteiger partial charge in [0.05, 0.1) is 23.7 Å². The Morgan fingerprint density at radius 2 is 1.62 bits per heavy atom. The van der Waals surface area contributed by atoms with Crippen molar-refractivity contribution in [2.24, 2.45) is 39.4 Å². The Morgan fingerprint density at radius 1 is 1.00 bits per heavy atom. The van der Waals surface area contributed by atoms with Gasteiger partial charge >= 0.3 is 0 Å². The molecule has 0 radical (unpaired) electrons. The van der Waals surface area contributed by atoms with Crippen molar-refractivity contribution in [3.63, 3.8) is 0 Å². The Balaban J connectivity index is 1.55. The van der Waals surface area contributed by atoms with Crippen molar-refractivity contribution in [2.75, 3.05) is 6.61 Å². The van der Waals surface area contributed by atoms with Crippen LogP contribution in [0, 0.1) is 39.4 Å². The van der Waals surface area contributed by atoms with Crippen LogP contribution in [0.25, 0.3) is 0 Å². The number of ether oxygens (including phenoxy) is 2. The Labute approximate surface area is 281 Å². The molecule has 7 N–H and O–H groups in total. The van der Waals surface area contributed by atoms with Gasteiger partial charge in [-0.15, -0.1) is 0 Å². The predicted molar refractivity (Wildman–Crippen MR) is 171 cm³/mol. The van der Waals surface area contributed by atoms with Crippen molar-refractivity contribution in [3.8, 4) is 0 Å². The minimum absolute atomic E-state index is 0.0637. The highest BCUT2D eigenvalue weighted by molar-refractivity contribution is 6.02. The third kappa shape index (κ3) is 5.21. The third-order valence-electron chi connectivity index (χ3n) is 12.9. The highest BCUT2D eigenvalue weighted by Gasteiger charge is 2.74. The zero-order valence-corrected chi connectivity index (χ0v) is 29.0. The molecule has 268 valence electrons. The summed E-state index contributed by atoms with van der Waals surface area (Å²) >= 11 is 0. The number of carbonyl (C=O) groups excluding carboxylic acids is 3. The minimum Gasteiger partial charge on any atom is -0.459 e. The van der Waals surface area contributed by atoms with Gasteiger partial charge in [0, 0.05) is 23.7 Å². The summed E-state index contributed by atoms with van der Waals surface area (Å²) in [5.74, 6) is -3.51. The minimum atomic E-state index is -2.05. The maximum absolute atomic E-state index is 14.7. The topological polar surface area (TPSA) is 211 Å². The molecule has 12 heteroatoms. The molecule has 48 heavy (non-hydrogen) atoms. The summed E-state index contributed by atoms with van der Waals surface area (Å²) in [4.78, 5) is 41.9. The number of carbonyl (C=O) groups is 3. The molecule has 12 nitrogen and oxygen atoms in total. The zero-order chi connectivity index (χ0) is 36.2. The van der Waals surface area contributed by atoms with Crippen molar-refractivity contribution in [1.82, 2.24) is 0 Å². The number of hydrogen-bond acceptors (Lipinski definition) is 12. The average Bonchev–Trinajstić information content (AvgIpc) is 3.19. The number of aliphatic hydroxyl groups is 7. The zero-order valence-electron chi connectivity index (χ0n) is 29.0. The van der Waals surface area contributed by atoms with Gasteiger partial charge < -0.3 is 45.2 Å². The summed E-state index contributed by atoms with van der Waals surface area (Å²) in [6.45, 7) is 12.8. The van der Waals surface area contributed by atoms with E-state index in [2.05, 4.69) is 0 Å². The predicted octanol–water partition coefficient (Wildman–Crippen LogP) is 0.878. The fourth-order valence-electron chi connectivity index (χ4n) is 9.94. The van der Waals surface area contributed by atoms with E-state index in [-0.39, 0.29) is 24.4 Å². The van der Waals surface area contributed by atoms with Gasteiger partial charge in [-0.25, -0.2) is 0 Å². The van der Waals surface area contributed by atoms with Crippen LogP contribution in [-0.2, 0) is 23.9 Å². The van der Waals surface area contributed by atoms with Crippen molar-refractivity contribution in [2.45, 2.75) is 123 Å². The summed E-state index contributed by atoms with van der Waals surface area (Å²) in [7, 11) is 0. The van der Waals surface area contributed by atoms with E-state index in [0.29, 0.717) is 6.42 Å². The molecule has 5 aliphatic rings. The lowest BCUT2D eigenvalue weighted by Crippen LogP contribution is -2.64. The van der Waals surface area contributed by atoms with Crippen LogP contribution in [0.3, 0.4) is 0 Å². The van der Waals surface area contributed by atoms with Crippen LogP contribution < -0.4 is 0 Å². The normalized spacial score (nSPS) is 45.4. The fourth-order valence-corrected chi connectivity index (χ4v) is 9.94. The van der Waals surface area contributed by atoms with Gasteiger partial charge in [-0.05, 0) is 76.4 Å². The molecule has 1 saturated heterocycles. The Kier molecular flexibility index (Phi) is 8.96. The molecule has 1 aliphatic heterocycles. The van der Waals surface area contributed by atoms with E-state index >= 15 is 0 Å². The second-order valence-electron chi connectivity index (χ2n) is 16.7. The lowest BCUT2D eigenvalue weighted by Gasteiger charge is -2.63. The number of hydrogen-bond donors (Lipinski definition) is 7. The molecule has 0 amide bonds.